The van der Waals surface area contributed by atoms with E-state index < -0.39 is 0 Å². The lowest BCUT2D eigenvalue weighted by molar-refractivity contribution is 0.0970. The highest BCUT2D eigenvalue weighted by atomic mass is 35.5. The number of hydrogen-bond acceptors (Lipinski definition) is 4. The van der Waals surface area contributed by atoms with Crippen molar-refractivity contribution in [3.05, 3.63) is 62.0 Å². The Bertz CT molecular complexity index is 926. The number of rotatable bonds is 3. The molecular formula is C16H13ClN2O2S. The van der Waals surface area contributed by atoms with Crippen molar-refractivity contribution in [2.75, 3.05) is 0 Å². The first kappa shape index (κ1) is 14.9. The van der Waals surface area contributed by atoms with Gasteiger partial charge in [0, 0.05) is 15.5 Å². The quantitative estimate of drug-likeness (QED) is 0.688. The van der Waals surface area contributed by atoms with Gasteiger partial charge in [-0.25, -0.2) is 4.98 Å². The molecule has 3 rings (SSSR count). The number of benzene rings is 1. The van der Waals surface area contributed by atoms with Crippen LogP contribution in [0, 0.1) is 13.8 Å². The van der Waals surface area contributed by atoms with Gasteiger partial charge in [-0.1, -0.05) is 11.6 Å². The van der Waals surface area contributed by atoms with Crippen LogP contribution in [0.1, 0.15) is 20.8 Å². The Morgan fingerprint density at radius 2 is 1.95 bits per heavy atom. The second-order valence-corrected chi connectivity index (χ2v) is 6.71. The van der Waals surface area contributed by atoms with Crippen LogP contribution in [-0.2, 0) is 6.54 Å². The predicted molar refractivity (Wildman–Crippen MR) is 89.1 cm³/mol. The van der Waals surface area contributed by atoms with E-state index in [0.29, 0.717) is 16.0 Å². The fourth-order valence-electron chi connectivity index (χ4n) is 2.26. The molecule has 4 nitrogen and oxygen atoms in total. The molecule has 0 bridgehead atoms. The lowest BCUT2D eigenvalue weighted by Gasteiger charge is -2.05. The third-order valence-electron chi connectivity index (χ3n) is 3.64. The number of carbonyl (C=O) groups excluding carboxylic acids is 1. The average Bonchev–Trinajstić information content (AvgIpc) is 2.78. The van der Waals surface area contributed by atoms with Crippen LogP contribution >= 0.6 is 22.9 Å². The van der Waals surface area contributed by atoms with Crippen LogP contribution in [0.2, 0.25) is 5.02 Å². The smallest absolute Gasteiger partial charge is 0.262 e. The molecule has 0 atom stereocenters. The number of nitrogens with zero attached hydrogens (tertiary/aromatic N) is 2. The van der Waals surface area contributed by atoms with Gasteiger partial charge in [-0.2, -0.15) is 0 Å². The summed E-state index contributed by atoms with van der Waals surface area (Å²) in [6.07, 6.45) is 1.44. The standard InChI is InChI=1S/C16H13ClN2O2S/c1-9-10(2)22-15-14(9)16(21)19(8-18-15)7-13(20)11-3-5-12(17)6-4-11/h3-6,8H,7H2,1-2H3. The lowest BCUT2D eigenvalue weighted by atomic mass is 10.1. The number of aromatic nitrogens is 2. The molecule has 1 aromatic carbocycles. The summed E-state index contributed by atoms with van der Waals surface area (Å²) in [6, 6.07) is 6.63. The first-order chi connectivity index (χ1) is 10.5. The van der Waals surface area contributed by atoms with Crippen LogP contribution in [0.5, 0.6) is 0 Å². The average molecular weight is 333 g/mol. The summed E-state index contributed by atoms with van der Waals surface area (Å²) < 4.78 is 1.36. The Hall–Kier alpha value is -1.98. The Labute approximate surface area is 136 Å². The number of hydrogen-bond donors (Lipinski definition) is 0. The zero-order valence-corrected chi connectivity index (χ0v) is 13.7. The van der Waals surface area contributed by atoms with Crippen LogP contribution in [0.3, 0.4) is 0 Å². The van der Waals surface area contributed by atoms with Crippen LogP contribution in [0.15, 0.2) is 35.4 Å². The van der Waals surface area contributed by atoms with Crippen molar-refractivity contribution in [2.24, 2.45) is 0 Å². The molecule has 3 aromatic rings. The van der Waals surface area contributed by atoms with Crippen molar-refractivity contribution in [3.8, 4) is 0 Å². The third-order valence-corrected chi connectivity index (χ3v) is 5.00. The van der Waals surface area contributed by atoms with Crippen molar-refractivity contribution in [2.45, 2.75) is 20.4 Å². The van der Waals surface area contributed by atoms with Gasteiger partial charge in [-0.3, -0.25) is 14.2 Å². The summed E-state index contributed by atoms with van der Waals surface area (Å²) in [5.74, 6) is -0.149. The Balaban J connectivity index is 1.99. The molecule has 0 amide bonds. The van der Waals surface area contributed by atoms with Gasteiger partial charge in [0.05, 0.1) is 18.3 Å². The molecule has 0 unspecified atom stereocenters. The van der Waals surface area contributed by atoms with Crippen molar-refractivity contribution in [1.29, 1.82) is 0 Å². The molecule has 2 heterocycles. The number of aryl methyl sites for hydroxylation is 2. The lowest BCUT2D eigenvalue weighted by Crippen LogP contribution is -2.24. The Kier molecular flexibility index (Phi) is 3.85. The Morgan fingerprint density at radius 1 is 1.27 bits per heavy atom. The first-order valence-corrected chi connectivity index (χ1v) is 7.90. The third kappa shape index (κ3) is 2.58. The molecule has 0 aliphatic carbocycles. The molecule has 22 heavy (non-hydrogen) atoms. The number of ketones is 1. The minimum Gasteiger partial charge on any atom is -0.292 e. The molecule has 0 aliphatic heterocycles. The van der Waals surface area contributed by atoms with E-state index in [9.17, 15) is 9.59 Å². The monoisotopic (exact) mass is 332 g/mol. The molecule has 0 saturated heterocycles. The zero-order valence-electron chi connectivity index (χ0n) is 12.1. The summed E-state index contributed by atoms with van der Waals surface area (Å²) in [5.41, 5.74) is 1.29. The SMILES string of the molecule is Cc1sc2ncn(CC(=O)c3ccc(Cl)cc3)c(=O)c2c1C. The molecular weight excluding hydrogens is 320 g/mol. The van der Waals surface area contributed by atoms with Gasteiger partial charge in [-0.15, -0.1) is 11.3 Å². The summed E-state index contributed by atoms with van der Waals surface area (Å²) in [7, 11) is 0. The van der Waals surface area contributed by atoms with E-state index in [2.05, 4.69) is 4.98 Å². The number of Topliss-reactive ketones (excluding diaryl/α,β-unsaturated/α-hetero) is 1. The molecule has 0 aliphatic rings. The maximum absolute atomic E-state index is 12.5. The topological polar surface area (TPSA) is 52.0 Å². The molecule has 0 saturated carbocycles. The van der Waals surface area contributed by atoms with Crippen molar-refractivity contribution in [1.82, 2.24) is 9.55 Å². The molecule has 0 spiro atoms. The fourth-order valence-corrected chi connectivity index (χ4v) is 3.38. The van der Waals surface area contributed by atoms with Gasteiger partial charge in [0.15, 0.2) is 5.78 Å². The summed E-state index contributed by atoms with van der Waals surface area (Å²) in [4.78, 5) is 30.9. The van der Waals surface area contributed by atoms with E-state index >= 15 is 0 Å². The summed E-state index contributed by atoms with van der Waals surface area (Å²) in [5, 5.41) is 1.18. The number of carbonyl (C=O) groups is 1. The van der Waals surface area contributed by atoms with E-state index in [-0.39, 0.29) is 17.9 Å². The normalized spacial score (nSPS) is 11.0. The van der Waals surface area contributed by atoms with E-state index in [1.54, 1.807) is 24.3 Å². The number of halogens is 1. The van der Waals surface area contributed by atoms with Crippen LogP contribution in [0.4, 0.5) is 0 Å². The van der Waals surface area contributed by atoms with Crippen molar-refractivity contribution >= 4 is 38.9 Å². The van der Waals surface area contributed by atoms with Gasteiger partial charge in [-0.05, 0) is 43.7 Å². The van der Waals surface area contributed by atoms with E-state index in [4.69, 9.17) is 11.6 Å². The van der Waals surface area contributed by atoms with Crippen LogP contribution in [-0.4, -0.2) is 15.3 Å². The zero-order chi connectivity index (χ0) is 15.9. The van der Waals surface area contributed by atoms with Crippen molar-refractivity contribution in [3.63, 3.8) is 0 Å². The van der Waals surface area contributed by atoms with Crippen LogP contribution in [0.25, 0.3) is 10.2 Å². The fraction of sp³-hybridized carbons (Fsp3) is 0.188. The van der Waals surface area contributed by atoms with Gasteiger partial charge in [0.2, 0.25) is 0 Å². The maximum atomic E-state index is 12.5. The largest absolute Gasteiger partial charge is 0.292 e. The molecule has 6 heteroatoms. The van der Waals surface area contributed by atoms with Gasteiger partial charge < -0.3 is 0 Å². The highest BCUT2D eigenvalue weighted by molar-refractivity contribution is 7.18. The maximum Gasteiger partial charge on any atom is 0.262 e. The molecule has 112 valence electrons. The summed E-state index contributed by atoms with van der Waals surface area (Å²) in [6.45, 7) is 3.84. The molecule has 2 aromatic heterocycles. The molecule has 0 N–H and O–H groups in total. The highest BCUT2D eigenvalue weighted by Gasteiger charge is 2.14. The first-order valence-electron chi connectivity index (χ1n) is 6.71. The van der Waals surface area contributed by atoms with Gasteiger partial charge >= 0.3 is 0 Å². The van der Waals surface area contributed by atoms with Crippen LogP contribution < -0.4 is 5.56 Å². The molecule has 0 fully saturated rings. The molecule has 0 radical (unpaired) electrons. The Morgan fingerprint density at radius 3 is 2.64 bits per heavy atom. The van der Waals surface area contributed by atoms with E-state index in [0.717, 1.165) is 15.3 Å². The minimum atomic E-state index is -0.172. The van der Waals surface area contributed by atoms with Crippen molar-refractivity contribution < 1.29 is 4.79 Å². The second-order valence-electron chi connectivity index (χ2n) is 5.07. The minimum absolute atomic E-state index is 0.0300. The van der Waals surface area contributed by atoms with E-state index in [1.165, 1.54) is 22.2 Å². The number of thiophene rings is 1. The van der Waals surface area contributed by atoms with E-state index in [1.807, 2.05) is 13.8 Å². The second kappa shape index (κ2) is 5.66. The summed E-state index contributed by atoms with van der Waals surface area (Å²) >= 11 is 7.31. The highest BCUT2D eigenvalue weighted by Crippen LogP contribution is 2.25. The van der Waals surface area contributed by atoms with Gasteiger partial charge in [0.25, 0.3) is 5.56 Å². The predicted octanol–water partition coefficient (Wildman–Crippen LogP) is 3.61. The van der Waals surface area contributed by atoms with Gasteiger partial charge in [0.1, 0.15) is 4.83 Å². The number of fused-ring (bicyclic) bond motifs is 1.